The van der Waals surface area contributed by atoms with Gasteiger partial charge in [-0.2, -0.15) is 0 Å². The highest BCUT2D eigenvalue weighted by atomic mass is 15.2. The van der Waals surface area contributed by atoms with E-state index in [1.165, 1.54) is 5.56 Å². The van der Waals surface area contributed by atoms with Crippen molar-refractivity contribution in [2.75, 3.05) is 0 Å². The Morgan fingerprint density at radius 2 is 2.27 bits per heavy atom. The summed E-state index contributed by atoms with van der Waals surface area (Å²) in [6, 6.07) is 8.01. The minimum Gasteiger partial charge on any atom is -0.324 e. The maximum atomic E-state index is 5.20. The van der Waals surface area contributed by atoms with Gasteiger partial charge in [-0.1, -0.05) is 30.3 Å². The van der Waals surface area contributed by atoms with Crippen LogP contribution in [0.2, 0.25) is 0 Å². The molecular weight excluding hydrogens is 136 g/mol. The molecule has 0 unspecified atom stereocenters. The molecule has 0 saturated carbocycles. The summed E-state index contributed by atoms with van der Waals surface area (Å²) in [5, 5.41) is 0. The quantitative estimate of drug-likeness (QED) is 0.492. The fourth-order valence-corrected chi connectivity index (χ4v) is 0.916. The molecule has 2 nitrogen and oxygen atoms in total. The number of hydrogen-bond donors (Lipinski definition) is 2. The van der Waals surface area contributed by atoms with Crippen LogP contribution in [0.1, 0.15) is 11.1 Å². The van der Waals surface area contributed by atoms with Crippen molar-refractivity contribution < 1.29 is 0 Å². The van der Waals surface area contributed by atoms with Gasteiger partial charge in [-0.3, -0.25) is 5.84 Å². The lowest BCUT2D eigenvalue weighted by molar-refractivity contribution is 0.994. The summed E-state index contributed by atoms with van der Waals surface area (Å²) in [4.78, 5) is 0. The molecule has 2 heteroatoms. The third-order valence-electron chi connectivity index (χ3n) is 1.54. The number of aryl methyl sites for hydroxylation is 1. The first-order valence-corrected chi connectivity index (χ1v) is 3.46. The van der Waals surface area contributed by atoms with Gasteiger partial charge in [0.05, 0.1) is 0 Å². The highest BCUT2D eigenvalue weighted by molar-refractivity contribution is 5.61. The predicted octanol–water partition coefficient (Wildman–Crippen LogP) is 1.43. The van der Waals surface area contributed by atoms with Crippen molar-refractivity contribution >= 4 is 5.70 Å². The Morgan fingerprint density at radius 1 is 1.55 bits per heavy atom. The summed E-state index contributed by atoms with van der Waals surface area (Å²) >= 11 is 0. The summed E-state index contributed by atoms with van der Waals surface area (Å²) in [5.41, 5.74) is 5.50. The number of nitrogens with one attached hydrogen (secondary N) is 1. The Balaban J connectivity index is 2.96. The van der Waals surface area contributed by atoms with Gasteiger partial charge < -0.3 is 5.43 Å². The van der Waals surface area contributed by atoms with Crippen LogP contribution in [0, 0.1) is 6.92 Å². The van der Waals surface area contributed by atoms with Crippen molar-refractivity contribution in [2.24, 2.45) is 5.84 Å². The van der Waals surface area contributed by atoms with Crippen molar-refractivity contribution in [2.45, 2.75) is 6.92 Å². The van der Waals surface area contributed by atoms with Crippen molar-refractivity contribution in [3.8, 4) is 0 Å². The first-order chi connectivity index (χ1) is 5.24. The molecule has 11 heavy (non-hydrogen) atoms. The molecular formula is C9H12N2. The van der Waals surface area contributed by atoms with Crippen LogP contribution in [0.5, 0.6) is 0 Å². The second-order valence-electron chi connectivity index (χ2n) is 2.49. The van der Waals surface area contributed by atoms with Gasteiger partial charge in [0.2, 0.25) is 0 Å². The van der Waals surface area contributed by atoms with Gasteiger partial charge in [-0.05, 0) is 18.6 Å². The SMILES string of the molecule is C=C(NN)c1cccc(C)c1. The molecule has 0 aliphatic heterocycles. The zero-order chi connectivity index (χ0) is 8.27. The maximum absolute atomic E-state index is 5.20. The molecule has 1 aromatic carbocycles. The molecule has 58 valence electrons. The lowest BCUT2D eigenvalue weighted by Gasteiger charge is -2.04. The number of hydrazine groups is 1. The van der Waals surface area contributed by atoms with Crippen LogP contribution < -0.4 is 11.3 Å². The number of benzene rings is 1. The largest absolute Gasteiger partial charge is 0.324 e. The molecule has 0 bridgehead atoms. The minimum absolute atomic E-state index is 0.744. The van der Waals surface area contributed by atoms with Gasteiger partial charge in [0, 0.05) is 5.70 Å². The zero-order valence-electron chi connectivity index (χ0n) is 6.59. The van der Waals surface area contributed by atoms with E-state index in [-0.39, 0.29) is 0 Å². The average molecular weight is 148 g/mol. The third kappa shape index (κ3) is 1.82. The van der Waals surface area contributed by atoms with E-state index >= 15 is 0 Å². The summed E-state index contributed by atoms with van der Waals surface area (Å²) in [6.07, 6.45) is 0. The van der Waals surface area contributed by atoms with Gasteiger partial charge in [0.1, 0.15) is 0 Å². The van der Waals surface area contributed by atoms with E-state index in [1.54, 1.807) is 0 Å². The Kier molecular flexibility index (Phi) is 2.28. The summed E-state index contributed by atoms with van der Waals surface area (Å²) in [7, 11) is 0. The standard InChI is InChI=1S/C9H12N2/c1-7-4-3-5-9(6-7)8(2)11-10/h3-6,11H,2,10H2,1H3. The van der Waals surface area contributed by atoms with E-state index in [1.807, 2.05) is 31.2 Å². The van der Waals surface area contributed by atoms with Gasteiger partial charge >= 0.3 is 0 Å². The maximum Gasteiger partial charge on any atom is 0.0485 e. The molecule has 0 heterocycles. The van der Waals surface area contributed by atoms with Crippen molar-refractivity contribution in [1.82, 2.24) is 5.43 Å². The predicted molar refractivity (Wildman–Crippen MR) is 47.5 cm³/mol. The average Bonchev–Trinajstić information content (AvgIpc) is 2.03. The second-order valence-corrected chi connectivity index (χ2v) is 2.49. The number of nitrogens with two attached hydrogens (primary N) is 1. The van der Waals surface area contributed by atoms with Crippen molar-refractivity contribution in [1.29, 1.82) is 0 Å². The van der Waals surface area contributed by atoms with Crippen molar-refractivity contribution in [3.63, 3.8) is 0 Å². The highest BCUT2D eigenvalue weighted by Gasteiger charge is 1.94. The van der Waals surface area contributed by atoms with Gasteiger partial charge in [0.15, 0.2) is 0 Å². The van der Waals surface area contributed by atoms with Crippen LogP contribution in [-0.4, -0.2) is 0 Å². The van der Waals surface area contributed by atoms with Crippen LogP contribution in [0.4, 0.5) is 0 Å². The highest BCUT2D eigenvalue weighted by Crippen LogP contribution is 2.09. The summed E-state index contributed by atoms with van der Waals surface area (Å²) in [6.45, 7) is 5.78. The van der Waals surface area contributed by atoms with E-state index in [0.717, 1.165) is 11.3 Å². The fraction of sp³-hybridized carbons (Fsp3) is 0.111. The molecule has 0 atom stereocenters. The molecule has 0 aliphatic carbocycles. The number of rotatable bonds is 2. The van der Waals surface area contributed by atoms with Gasteiger partial charge in [-0.25, -0.2) is 0 Å². The molecule has 0 fully saturated rings. The second kappa shape index (κ2) is 3.21. The summed E-state index contributed by atoms with van der Waals surface area (Å²) in [5.74, 6) is 5.20. The van der Waals surface area contributed by atoms with Gasteiger partial charge in [-0.15, -0.1) is 0 Å². The molecule has 1 aromatic rings. The van der Waals surface area contributed by atoms with Crippen LogP contribution in [-0.2, 0) is 0 Å². The number of hydrogen-bond acceptors (Lipinski definition) is 2. The molecule has 1 rings (SSSR count). The molecule has 0 amide bonds. The minimum atomic E-state index is 0.744. The van der Waals surface area contributed by atoms with E-state index in [9.17, 15) is 0 Å². The van der Waals surface area contributed by atoms with Crippen LogP contribution in [0.25, 0.3) is 5.70 Å². The molecule has 0 spiro atoms. The molecule has 0 radical (unpaired) electrons. The molecule has 3 N–H and O–H groups in total. The molecule has 0 saturated heterocycles. The normalized spacial score (nSPS) is 9.27. The topological polar surface area (TPSA) is 38.0 Å². The zero-order valence-corrected chi connectivity index (χ0v) is 6.59. The smallest absolute Gasteiger partial charge is 0.0485 e. The lowest BCUT2D eigenvalue weighted by Crippen LogP contribution is -2.18. The van der Waals surface area contributed by atoms with Crippen molar-refractivity contribution in [3.05, 3.63) is 42.0 Å². The summed E-state index contributed by atoms with van der Waals surface area (Å²) < 4.78 is 0. The first kappa shape index (κ1) is 7.82. The Bertz CT molecular complexity index is 266. The van der Waals surface area contributed by atoms with Gasteiger partial charge in [0.25, 0.3) is 0 Å². The fourth-order valence-electron chi connectivity index (χ4n) is 0.916. The monoisotopic (exact) mass is 148 g/mol. The van der Waals surface area contributed by atoms with Crippen LogP contribution in [0.15, 0.2) is 30.8 Å². The lowest BCUT2D eigenvalue weighted by atomic mass is 10.1. The van der Waals surface area contributed by atoms with E-state index in [2.05, 4.69) is 12.0 Å². The van der Waals surface area contributed by atoms with E-state index in [4.69, 9.17) is 5.84 Å². The first-order valence-electron chi connectivity index (χ1n) is 3.46. The molecule has 0 aliphatic rings. The van der Waals surface area contributed by atoms with Crippen LogP contribution in [0.3, 0.4) is 0 Å². The van der Waals surface area contributed by atoms with Crippen LogP contribution >= 0.6 is 0 Å². The molecule has 0 aromatic heterocycles. The van der Waals surface area contributed by atoms with E-state index < -0.39 is 0 Å². The Labute approximate surface area is 66.7 Å². The Hall–Kier alpha value is -1.28. The Morgan fingerprint density at radius 3 is 2.82 bits per heavy atom. The van der Waals surface area contributed by atoms with E-state index in [0.29, 0.717) is 0 Å². The third-order valence-corrected chi connectivity index (χ3v) is 1.54.